The molecule has 12 rings (SSSR count). The lowest BCUT2D eigenvalue weighted by Crippen LogP contribution is -2.63. The van der Waals surface area contributed by atoms with Crippen molar-refractivity contribution in [3.05, 3.63) is 314 Å². The predicted molar refractivity (Wildman–Crippen MR) is 349 cm³/mol. The van der Waals surface area contributed by atoms with Gasteiger partial charge in [-0.2, -0.15) is 0 Å². The summed E-state index contributed by atoms with van der Waals surface area (Å²) < 4.78 is 42.7. The lowest BCUT2D eigenvalue weighted by molar-refractivity contribution is 0.0405. The maximum absolute atomic E-state index is 15.8. The van der Waals surface area contributed by atoms with Crippen LogP contribution in [0.15, 0.2) is 237 Å². The van der Waals surface area contributed by atoms with Crippen LogP contribution in [0.1, 0.15) is 111 Å². The van der Waals surface area contributed by atoms with Crippen molar-refractivity contribution < 1.29 is 66.7 Å². The minimum Gasteiger partial charge on any atom is -0.457 e. The average Bonchev–Trinajstić information content (AvgIpc) is 0.686. The van der Waals surface area contributed by atoms with Crippen LogP contribution in [0.25, 0.3) is 0 Å². The van der Waals surface area contributed by atoms with Gasteiger partial charge in [0.1, 0.15) is 46.2 Å². The maximum Gasteiger partial charge on any atom is 0.341 e. The molecule has 0 saturated carbocycles. The smallest absolute Gasteiger partial charge is 0.341 e. The van der Waals surface area contributed by atoms with Gasteiger partial charge in [0.25, 0.3) is 6.71 Å². The largest absolute Gasteiger partial charge is 0.457 e. The fraction of sp³-hybridized carbons (Fsp3) is 0.118. The predicted octanol–water partition coefficient (Wildman–Crippen LogP) is 11.9. The van der Waals surface area contributed by atoms with E-state index in [9.17, 15) is 9.59 Å². The molecule has 17 heteroatoms. The van der Waals surface area contributed by atoms with Crippen LogP contribution in [0.3, 0.4) is 0 Å². The van der Waals surface area contributed by atoms with Crippen molar-refractivity contribution >= 4 is 87.6 Å². The third kappa shape index (κ3) is 13.4. The molecule has 10 aromatic rings. The number of nitrogens with zero attached hydrogens (tertiary/aromatic N) is 2. The van der Waals surface area contributed by atoms with E-state index in [1.165, 1.54) is 24.3 Å². The van der Waals surface area contributed by atoms with Crippen molar-refractivity contribution in [3.8, 4) is 0 Å². The summed E-state index contributed by atoms with van der Waals surface area (Å²) in [5, 5.41) is 0. The Morgan fingerprint density at radius 2 is 0.484 bits per heavy atom. The zero-order valence-corrected chi connectivity index (χ0v) is 50.7. The van der Waals surface area contributed by atoms with Crippen LogP contribution in [0.4, 0.5) is 22.7 Å². The van der Waals surface area contributed by atoms with Gasteiger partial charge in [-0.15, -0.1) is 0 Å². The van der Waals surface area contributed by atoms with Crippen molar-refractivity contribution in [2.45, 2.75) is 46.2 Å². The minimum absolute atomic E-state index is 0.00638. The second-order valence-corrected chi connectivity index (χ2v) is 22.1. The van der Waals surface area contributed by atoms with Gasteiger partial charge in [-0.1, -0.05) is 212 Å². The summed E-state index contributed by atoms with van der Waals surface area (Å²) in [5.41, 5.74) is 3.23. The first-order valence-electron chi connectivity index (χ1n) is 29.9. The van der Waals surface area contributed by atoms with Crippen LogP contribution in [0, 0.1) is 0 Å². The van der Waals surface area contributed by atoms with E-state index in [-0.39, 0.29) is 108 Å². The van der Waals surface area contributed by atoms with Gasteiger partial charge in [0.15, 0.2) is 0 Å². The van der Waals surface area contributed by atoms with Crippen LogP contribution in [0.2, 0.25) is 0 Å². The van der Waals surface area contributed by atoms with Crippen molar-refractivity contribution in [1.29, 1.82) is 0 Å². The Balaban J connectivity index is 1.14. The Morgan fingerprint density at radius 1 is 0.280 bits per heavy atom. The minimum atomic E-state index is -1.27. The van der Waals surface area contributed by atoms with Crippen LogP contribution < -0.4 is 26.2 Å². The van der Waals surface area contributed by atoms with E-state index in [2.05, 4.69) is 0 Å². The highest BCUT2D eigenvalue weighted by Crippen LogP contribution is 2.45. The summed E-state index contributed by atoms with van der Waals surface area (Å²) in [6.45, 7) is -2.92. The monoisotopic (exact) mass is 1230 g/mol. The molecule has 460 valence electrons. The third-order valence-electron chi connectivity index (χ3n) is 16.1. The number of carbonyl (C=O) groups is 7. The number of benzene rings is 10. The van der Waals surface area contributed by atoms with E-state index in [4.69, 9.17) is 33.2 Å². The van der Waals surface area contributed by atoms with Crippen LogP contribution in [0.5, 0.6) is 0 Å². The van der Waals surface area contributed by atoms with E-state index < -0.39 is 65.2 Å². The average molecular weight is 1240 g/mol. The van der Waals surface area contributed by atoms with E-state index >= 15 is 24.0 Å². The first-order chi connectivity index (χ1) is 45.4. The normalized spacial score (nSPS) is 11.7. The topological polar surface area (TPSA) is 191 Å². The van der Waals surface area contributed by atoms with Crippen molar-refractivity contribution in [3.63, 3.8) is 0 Å². The summed E-state index contributed by atoms with van der Waals surface area (Å²) in [6, 6.07) is 68.3. The second kappa shape index (κ2) is 27.9. The first kappa shape index (κ1) is 61.4. The molecule has 0 spiro atoms. The molecule has 16 nitrogen and oxygen atoms in total. The SMILES string of the molecule is CN1c2cc(C(=O)OCc3ccccc3)c(C(=O)OCc3ccccc3)cc2B2c3cc(C(=O)OCc4ccccc4)c(C(=O)OCc4ccccc4)cc3N(C)c3c2c1c(C(=O)OCc1ccccc1)c(C(=O)OCc1ccccc1)c3C(=O)OCc1ccccc1. The molecule has 0 radical (unpaired) electrons. The number of esters is 7. The molecule has 0 amide bonds. The molecule has 93 heavy (non-hydrogen) atoms. The quantitative estimate of drug-likeness (QED) is 0.0375. The number of carbonyl (C=O) groups excluding carboxylic acids is 7. The maximum atomic E-state index is 15.8. The van der Waals surface area contributed by atoms with Gasteiger partial charge in [0.05, 0.1) is 50.3 Å². The van der Waals surface area contributed by atoms with Gasteiger partial charge < -0.3 is 43.0 Å². The second-order valence-electron chi connectivity index (χ2n) is 22.1. The van der Waals surface area contributed by atoms with Crippen LogP contribution in [-0.4, -0.2) is 62.6 Å². The molecule has 0 saturated heterocycles. The Kier molecular flexibility index (Phi) is 18.4. The summed E-state index contributed by atoms with van der Waals surface area (Å²) in [4.78, 5) is 110. The van der Waals surface area contributed by atoms with Gasteiger partial charge in [-0.05, 0) is 79.6 Å². The summed E-state index contributed by atoms with van der Waals surface area (Å²) in [7, 11) is 3.21. The Morgan fingerprint density at radius 3 is 0.720 bits per heavy atom. The number of hydrogen-bond acceptors (Lipinski definition) is 16. The lowest BCUT2D eigenvalue weighted by atomic mass is 9.33. The molecule has 10 aromatic carbocycles. The Labute approximate surface area is 536 Å². The van der Waals surface area contributed by atoms with Crippen LogP contribution in [-0.2, 0) is 79.4 Å². The highest BCUT2D eigenvalue weighted by Gasteiger charge is 2.50. The van der Waals surface area contributed by atoms with Crippen molar-refractivity contribution in [2.75, 3.05) is 23.9 Å². The fourth-order valence-corrected chi connectivity index (χ4v) is 11.6. The summed E-state index contributed by atoms with van der Waals surface area (Å²) in [5.74, 6) is -6.89. The van der Waals surface area contributed by atoms with Gasteiger partial charge >= 0.3 is 41.8 Å². The molecule has 0 aliphatic carbocycles. The molecule has 2 aliphatic heterocycles. The number of rotatable bonds is 21. The number of anilines is 4. The summed E-state index contributed by atoms with van der Waals surface area (Å²) >= 11 is 0. The van der Waals surface area contributed by atoms with Gasteiger partial charge in [0, 0.05) is 25.5 Å². The van der Waals surface area contributed by atoms with Crippen molar-refractivity contribution in [1.82, 2.24) is 0 Å². The standard InChI is InChI=1S/C76H59BN2O14/c1-78-62-40-58(72(82)89-44-51-28-14-5-15-29-51)56(70(80)87-42-49-24-10-3-11-25-49)38-60(62)77-61-39-57(71(81)88-43-50-26-12-4-13-27-50)59(73(83)90-45-52-30-16-6-17-31-52)41-63(61)79(2)69-66(76(86)93-48-55-36-22-9-23-37-55)64(74(84)91-46-53-32-18-7-19-33-53)65(68(78)67(69)77)75(85)92-47-54-34-20-8-21-35-54/h3-41H,42-48H2,1-2H3. The Hall–Kier alpha value is -11.8. The molecule has 0 atom stereocenters. The molecule has 0 fully saturated rings. The zero-order valence-electron chi connectivity index (χ0n) is 50.7. The molecular weight excluding hydrogens is 1180 g/mol. The van der Waals surface area contributed by atoms with Crippen molar-refractivity contribution in [2.24, 2.45) is 0 Å². The molecule has 0 bridgehead atoms. The lowest BCUT2D eigenvalue weighted by Gasteiger charge is -2.44. The van der Waals surface area contributed by atoms with E-state index in [1.807, 2.05) is 24.3 Å². The molecule has 2 aliphatic rings. The molecule has 0 unspecified atom stereocenters. The zero-order chi connectivity index (χ0) is 64.4. The number of fused-ring (bicyclic) bond motifs is 4. The van der Waals surface area contributed by atoms with E-state index in [1.54, 1.807) is 212 Å². The highest BCUT2D eigenvalue weighted by atomic mass is 16.6. The molecule has 0 aromatic heterocycles. The molecule has 0 N–H and O–H groups in total. The van der Waals surface area contributed by atoms with Crippen LogP contribution >= 0.6 is 0 Å². The van der Waals surface area contributed by atoms with Gasteiger partial charge in [-0.25, -0.2) is 33.6 Å². The molecular formula is C76H59BN2O14. The fourth-order valence-electron chi connectivity index (χ4n) is 11.6. The van der Waals surface area contributed by atoms with Gasteiger partial charge in [0.2, 0.25) is 0 Å². The number of hydrogen-bond donors (Lipinski definition) is 0. The van der Waals surface area contributed by atoms with E-state index in [0.717, 1.165) is 0 Å². The number of ether oxygens (including phenoxy) is 7. The summed E-state index contributed by atoms with van der Waals surface area (Å²) in [6.07, 6.45) is 0. The molecule has 2 heterocycles. The Bertz CT molecular complexity index is 4190. The van der Waals surface area contributed by atoms with Gasteiger partial charge in [-0.3, -0.25) is 0 Å². The first-order valence-corrected chi connectivity index (χ1v) is 29.9. The highest BCUT2D eigenvalue weighted by molar-refractivity contribution is 7.00. The van der Waals surface area contributed by atoms with E-state index in [0.29, 0.717) is 38.9 Å². The third-order valence-corrected chi connectivity index (χ3v) is 16.1.